The molecule has 0 aliphatic heterocycles. The first kappa shape index (κ1) is 18.3. The van der Waals surface area contributed by atoms with Gasteiger partial charge in [-0.3, -0.25) is 4.79 Å². The van der Waals surface area contributed by atoms with Crippen molar-refractivity contribution in [2.24, 2.45) is 0 Å². The van der Waals surface area contributed by atoms with Crippen LogP contribution in [0.4, 0.5) is 23.0 Å². The molecule has 3 aromatic rings. The van der Waals surface area contributed by atoms with E-state index >= 15 is 0 Å². The molecular formula is C18H22N6O3. The molecule has 0 spiro atoms. The molecule has 3 N–H and O–H groups in total. The highest BCUT2D eigenvalue weighted by Gasteiger charge is 2.14. The highest BCUT2D eigenvalue weighted by atomic mass is 16.5. The fourth-order valence-corrected chi connectivity index (χ4v) is 2.58. The van der Waals surface area contributed by atoms with Crippen LogP contribution in [-0.2, 0) is 4.79 Å². The number of hydrogen-bond donors (Lipinski definition) is 3. The molecule has 9 heteroatoms. The first-order valence-electron chi connectivity index (χ1n) is 8.45. The molecule has 1 amide bonds. The summed E-state index contributed by atoms with van der Waals surface area (Å²) in [5.41, 5.74) is 1.77. The van der Waals surface area contributed by atoms with Gasteiger partial charge in [-0.15, -0.1) is 0 Å². The molecule has 9 nitrogen and oxygen atoms in total. The highest BCUT2D eigenvalue weighted by Crippen LogP contribution is 2.32. The van der Waals surface area contributed by atoms with Crippen molar-refractivity contribution in [3.05, 3.63) is 30.5 Å². The molecule has 142 valence electrons. The number of aromatic nitrogens is 3. The molecule has 0 saturated carbocycles. The van der Waals surface area contributed by atoms with Crippen LogP contribution in [0.15, 0.2) is 30.5 Å². The molecule has 0 radical (unpaired) electrons. The minimum Gasteiger partial charge on any atom is -0.497 e. The molecule has 2 aromatic heterocycles. The van der Waals surface area contributed by atoms with Gasteiger partial charge in [-0.2, -0.15) is 9.61 Å². The molecule has 0 unspecified atom stereocenters. The number of amides is 1. The SMILES string of the molecule is CCC(=O)Nc1cnn2c(NC)cc(Nc3cc(OC)ccc3OC)nc12. The van der Waals surface area contributed by atoms with Gasteiger partial charge in [-0.05, 0) is 12.1 Å². The van der Waals surface area contributed by atoms with E-state index in [1.54, 1.807) is 38.9 Å². The van der Waals surface area contributed by atoms with Crippen molar-refractivity contribution in [3.63, 3.8) is 0 Å². The van der Waals surface area contributed by atoms with Gasteiger partial charge in [-0.25, -0.2) is 4.98 Å². The Morgan fingerprint density at radius 3 is 2.67 bits per heavy atom. The fraction of sp³-hybridized carbons (Fsp3) is 0.278. The maximum Gasteiger partial charge on any atom is 0.224 e. The topological polar surface area (TPSA) is 102 Å². The number of ether oxygens (including phenoxy) is 2. The van der Waals surface area contributed by atoms with Gasteiger partial charge < -0.3 is 25.4 Å². The van der Waals surface area contributed by atoms with E-state index in [2.05, 4.69) is 26.0 Å². The third-order valence-corrected chi connectivity index (χ3v) is 3.99. The molecule has 0 saturated heterocycles. The summed E-state index contributed by atoms with van der Waals surface area (Å²) in [6.45, 7) is 1.79. The Hall–Kier alpha value is -3.49. The summed E-state index contributed by atoms with van der Waals surface area (Å²) in [4.78, 5) is 16.4. The number of anilines is 4. The van der Waals surface area contributed by atoms with Gasteiger partial charge in [-0.1, -0.05) is 6.92 Å². The van der Waals surface area contributed by atoms with Crippen molar-refractivity contribution < 1.29 is 14.3 Å². The molecule has 2 heterocycles. The second-order valence-electron chi connectivity index (χ2n) is 5.66. The third-order valence-electron chi connectivity index (χ3n) is 3.99. The maximum absolute atomic E-state index is 11.8. The predicted octanol–water partition coefficient (Wildman–Crippen LogP) is 2.88. The summed E-state index contributed by atoms with van der Waals surface area (Å²) in [7, 11) is 4.98. The number of carbonyl (C=O) groups is 1. The van der Waals surface area contributed by atoms with E-state index < -0.39 is 0 Å². The van der Waals surface area contributed by atoms with Gasteiger partial charge >= 0.3 is 0 Å². The number of fused-ring (bicyclic) bond motifs is 1. The smallest absolute Gasteiger partial charge is 0.224 e. The molecule has 0 fully saturated rings. The first-order valence-corrected chi connectivity index (χ1v) is 8.45. The summed E-state index contributed by atoms with van der Waals surface area (Å²) in [5, 5.41) is 13.4. The van der Waals surface area contributed by atoms with Crippen LogP contribution in [0.25, 0.3) is 5.65 Å². The van der Waals surface area contributed by atoms with Gasteiger partial charge in [0.05, 0.1) is 26.1 Å². The average molecular weight is 370 g/mol. The Kier molecular flexibility index (Phi) is 5.30. The van der Waals surface area contributed by atoms with Crippen LogP contribution < -0.4 is 25.4 Å². The van der Waals surface area contributed by atoms with E-state index in [1.807, 2.05) is 24.3 Å². The second kappa shape index (κ2) is 7.81. The number of nitrogens with one attached hydrogen (secondary N) is 3. The van der Waals surface area contributed by atoms with Crippen LogP contribution >= 0.6 is 0 Å². The monoisotopic (exact) mass is 370 g/mol. The van der Waals surface area contributed by atoms with E-state index in [4.69, 9.17) is 9.47 Å². The normalized spacial score (nSPS) is 10.5. The number of rotatable bonds is 7. The van der Waals surface area contributed by atoms with Crippen molar-refractivity contribution in [1.29, 1.82) is 0 Å². The van der Waals surface area contributed by atoms with Crippen molar-refractivity contribution >= 4 is 34.6 Å². The summed E-state index contributed by atoms with van der Waals surface area (Å²) >= 11 is 0. The number of nitrogens with zero attached hydrogens (tertiary/aromatic N) is 3. The second-order valence-corrected chi connectivity index (χ2v) is 5.66. The molecule has 1 aromatic carbocycles. The fourth-order valence-electron chi connectivity index (χ4n) is 2.58. The van der Waals surface area contributed by atoms with Gasteiger partial charge in [0.2, 0.25) is 5.91 Å². The minimum atomic E-state index is -0.106. The van der Waals surface area contributed by atoms with Crippen LogP contribution in [0.1, 0.15) is 13.3 Å². The molecule has 27 heavy (non-hydrogen) atoms. The largest absolute Gasteiger partial charge is 0.497 e. The van der Waals surface area contributed by atoms with E-state index in [9.17, 15) is 4.79 Å². The molecule has 3 rings (SSSR count). The van der Waals surface area contributed by atoms with Crippen LogP contribution in [0, 0.1) is 0 Å². The summed E-state index contributed by atoms with van der Waals surface area (Å²) < 4.78 is 12.3. The van der Waals surface area contributed by atoms with Crippen molar-refractivity contribution in [2.45, 2.75) is 13.3 Å². The number of benzene rings is 1. The standard InChI is InChI=1S/C18H22N6O3/c1-5-17(25)22-13-10-20-24-16(19-2)9-15(23-18(13)24)21-12-8-11(26-3)6-7-14(12)27-4/h6-10,19H,5H2,1-4H3,(H,21,23)(H,22,25). The molecule has 0 bridgehead atoms. The lowest BCUT2D eigenvalue weighted by atomic mass is 10.2. The van der Waals surface area contributed by atoms with E-state index in [0.29, 0.717) is 46.6 Å². The van der Waals surface area contributed by atoms with Gasteiger partial charge in [0, 0.05) is 25.6 Å². The van der Waals surface area contributed by atoms with Gasteiger partial charge in [0.25, 0.3) is 0 Å². The van der Waals surface area contributed by atoms with Gasteiger partial charge in [0.15, 0.2) is 5.65 Å². The lowest BCUT2D eigenvalue weighted by molar-refractivity contribution is -0.115. The Morgan fingerprint density at radius 2 is 2.00 bits per heavy atom. The molecule has 0 aliphatic carbocycles. The van der Waals surface area contributed by atoms with E-state index in [0.717, 1.165) is 0 Å². The zero-order valence-electron chi connectivity index (χ0n) is 15.7. The number of carbonyl (C=O) groups excluding carboxylic acids is 1. The first-order chi connectivity index (χ1) is 13.1. The van der Waals surface area contributed by atoms with E-state index in [1.165, 1.54) is 0 Å². The van der Waals surface area contributed by atoms with Crippen LogP contribution in [0.3, 0.4) is 0 Å². The average Bonchev–Trinajstić information content (AvgIpc) is 3.09. The number of methoxy groups -OCH3 is 2. The van der Waals surface area contributed by atoms with Crippen LogP contribution in [0.2, 0.25) is 0 Å². The van der Waals surface area contributed by atoms with Crippen molar-refractivity contribution in [3.8, 4) is 11.5 Å². The summed E-state index contributed by atoms with van der Waals surface area (Å²) in [5.74, 6) is 2.50. The van der Waals surface area contributed by atoms with Crippen LogP contribution in [0.5, 0.6) is 11.5 Å². The Morgan fingerprint density at radius 1 is 1.19 bits per heavy atom. The summed E-state index contributed by atoms with van der Waals surface area (Å²) in [6, 6.07) is 7.25. The maximum atomic E-state index is 11.8. The van der Waals surface area contributed by atoms with Crippen LogP contribution in [-0.4, -0.2) is 41.8 Å². The zero-order valence-corrected chi connectivity index (χ0v) is 15.7. The predicted molar refractivity (Wildman–Crippen MR) is 104 cm³/mol. The Labute approximate surface area is 156 Å². The van der Waals surface area contributed by atoms with Crippen molar-refractivity contribution in [1.82, 2.24) is 14.6 Å². The molecule has 0 aliphatic rings. The lowest BCUT2D eigenvalue weighted by Gasteiger charge is -2.14. The Balaban J connectivity index is 2.04. The summed E-state index contributed by atoms with van der Waals surface area (Å²) in [6.07, 6.45) is 1.95. The zero-order chi connectivity index (χ0) is 19.4. The lowest BCUT2D eigenvalue weighted by Crippen LogP contribution is -2.10. The van der Waals surface area contributed by atoms with Gasteiger partial charge in [0.1, 0.15) is 28.8 Å². The molecular weight excluding hydrogens is 348 g/mol. The number of hydrogen-bond acceptors (Lipinski definition) is 7. The van der Waals surface area contributed by atoms with Crippen molar-refractivity contribution in [2.75, 3.05) is 37.2 Å². The Bertz CT molecular complexity index is 969. The molecule has 0 atom stereocenters. The van der Waals surface area contributed by atoms with E-state index in [-0.39, 0.29) is 5.91 Å². The minimum absolute atomic E-state index is 0.106. The highest BCUT2D eigenvalue weighted by molar-refractivity contribution is 5.94. The third kappa shape index (κ3) is 3.71. The quantitative estimate of drug-likeness (QED) is 0.588.